The standard InChI is InChI=1S/C20H22N2O4/c1-2-25-20(24)22-14-12-21(13-15-22)19(23)16-8-10-18(11-9-16)26-17-6-4-3-5-7-17/h3-11H,2,12-15H2,1H3. The minimum Gasteiger partial charge on any atom is -0.457 e. The summed E-state index contributed by atoms with van der Waals surface area (Å²) in [5, 5.41) is 0. The zero-order chi connectivity index (χ0) is 18.4. The van der Waals surface area contributed by atoms with E-state index in [1.54, 1.807) is 41.0 Å². The molecule has 0 aromatic heterocycles. The molecule has 1 saturated heterocycles. The van der Waals surface area contributed by atoms with Crippen molar-refractivity contribution in [1.29, 1.82) is 0 Å². The average Bonchev–Trinajstić information content (AvgIpc) is 2.69. The Bertz CT molecular complexity index is 738. The topological polar surface area (TPSA) is 59.1 Å². The first-order valence-electron chi connectivity index (χ1n) is 8.71. The molecule has 1 aliphatic heterocycles. The van der Waals surface area contributed by atoms with Crippen molar-refractivity contribution in [2.75, 3.05) is 32.8 Å². The normalized spacial score (nSPS) is 14.0. The molecule has 6 nitrogen and oxygen atoms in total. The monoisotopic (exact) mass is 354 g/mol. The van der Waals surface area contributed by atoms with E-state index in [1.165, 1.54) is 0 Å². The van der Waals surface area contributed by atoms with Crippen molar-refractivity contribution >= 4 is 12.0 Å². The summed E-state index contributed by atoms with van der Waals surface area (Å²) < 4.78 is 10.7. The van der Waals surface area contributed by atoms with Gasteiger partial charge in [0.15, 0.2) is 0 Å². The average molecular weight is 354 g/mol. The molecule has 1 aliphatic rings. The molecular weight excluding hydrogens is 332 g/mol. The number of benzene rings is 2. The van der Waals surface area contributed by atoms with Crippen LogP contribution in [0.25, 0.3) is 0 Å². The predicted molar refractivity (Wildman–Crippen MR) is 97.5 cm³/mol. The lowest BCUT2D eigenvalue weighted by atomic mass is 10.1. The van der Waals surface area contributed by atoms with Crippen molar-refractivity contribution in [3.05, 3.63) is 60.2 Å². The third-order valence-electron chi connectivity index (χ3n) is 4.17. The SMILES string of the molecule is CCOC(=O)N1CCN(C(=O)c2ccc(Oc3ccccc3)cc2)CC1. The second-order valence-electron chi connectivity index (χ2n) is 5.92. The molecule has 1 heterocycles. The quantitative estimate of drug-likeness (QED) is 0.844. The molecule has 0 N–H and O–H groups in total. The van der Waals surface area contributed by atoms with Crippen LogP contribution in [0.2, 0.25) is 0 Å². The van der Waals surface area contributed by atoms with E-state index >= 15 is 0 Å². The Morgan fingerprint density at radius 3 is 2.04 bits per heavy atom. The highest BCUT2D eigenvalue weighted by Gasteiger charge is 2.25. The molecule has 0 atom stereocenters. The summed E-state index contributed by atoms with van der Waals surface area (Å²) in [6.45, 7) is 4.11. The second-order valence-corrected chi connectivity index (χ2v) is 5.92. The van der Waals surface area contributed by atoms with E-state index in [9.17, 15) is 9.59 Å². The van der Waals surface area contributed by atoms with Gasteiger partial charge in [-0.2, -0.15) is 0 Å². The molecular formula is C20H22N2O4. The van der Waals surface area contributed by atoms with Gasteiger partial charge in [0.25, 0.3) is 5.91 Å². The molecule has 26 heavy (non-hydrogen) atoms. The van der Waals surface area contributed by atoms with Gasteiger partial charge in [-0.1, -0.05) is 18.2 Å². The molecule has 3 rings (SSSR count). The number of ether oxygens (including phenoxy) is 2. The number of piperazine rings is 1. The number of carbonyl (C=O) groups is 2. The summed E-state index contributed by atoms with van der Waals surface area (Å²) in [6, 6.07) is 16.6. The fourth-order valence-electron chi connectivity index (χ4n) is 2.78. The maximum absolute atomic E-state index is 12.6. The van der Waals surface area contributed by atoms with Gasteiger partial charge in [0.1, 0.15) is 11.5 Å². The highest BCUT2D eigenvalue weighted by atomic mass is 16.6. The molecule has 2 aromatic carbocycles. The largest absolute Gasteiger partial charge is 0.457 e. The Morgan fingerprint density at radius 2 is 1.42 bits per heavy atom. The Kier molecular flexibility index (Phi) is 5.73. The molecule has 0 spiro atoms. The van der Waals surface area contributed by atoms with Crippen molar-refractivity contribution in [2.45, 2.75) is 6.92 Å². The van der Waals surface area contributed by atoms with Gasteiger partial charge in [-0.3, -0.25) is 4.79 Å². The van der Waals surface area contributed by atoms with E-state index in [4.69, 9.17) is 9.47 Å². The Hall–Kier alpha value is -3.02. The van der Waals surface area contributed by atoms with Crippen molar-refractivity contribution in [1.82, 2.24) is 9.80 Å². The predicted octanol–water partition coefficient (Wildman–Crippen LogP) is 3.39. The molecule has 136 valence electrons. The maximum atomic E-state index is 12.6. The minimum absolute atomic E-state index is 0.0419. The van der Waals surface area contributed by atoms with Crippen molar-refractivity contribution in [3.8, 4) is 11.5 Å². The number of amides is 2. The molecule has 0 unspecified atom stereocenters. The molecule has 0 bridgehead atoms. The van der Waals surface area contributed by atoms with E-state index in [1.807, 2.05) is 30.3 Å². The van der Waals surface area contributed by atoms with Crippen LogP contribution in [-0.4, -0.2) is 54.6 Å². The lowest BCUT2D eigenvalue weighted by Crippen LogP contribution is -2.50. The molecule has 0 saturated carbocycles. The van der Waals surface area contributed by atoms with Crippen LogP contribution in [0.1, 0.15) is 17.3 Å². The van der Waals surface area contributed by atoms with Crippen LogP contribution in [-0.2, 0) is 4.74 Å². The van der Waals surface area contributed by atoms with Crippen molar-refractivity contribution < 1.29 is 19.1 Å². The summed E-state index contributed by atoms with van der Waals surface area (Å²) in [7, 11) is 0. The number of carbonyl (C=O) groups excluding carboxylic acids is 2. The van der Waals surface area contributed by atoms with Gasteiger partial charge in [-0.15, -0.1) is 0 Å². The van der Waals surface area contributed by atoms with Gasteiger partial charge in [0.05, 0.1) is 6.61 Å². The maximum Gasteiger partial charge on any atom is 0.409 e. The van der Waals surface area contributed by atoms with E-state index in [0.717, 1.165) is 5.75 Å². The molecule has 6 heteroatoms. The molecule has 1 fully saturated rings. The summed E-state index contributed by atoms with van der Waals surface area (Å²) >= 11 is 0. The van der Waals surface area contributed by atoms with Crippen LogP contribution >= 0.6 is 0 Å². The zero-order valence-electron chi connectivity index (χ0n) is 14.8. The fourth-order valence-corrected chi connectivity index (χ4v) is 2.78. The van der Waals surface area contributed by atoms with Gasteiger partial charge >= 0.3 is 6.09 Å². The van der Waals surface area contributed by atoms with Gasteiger partial charge in [-0.05, 0) is 43.3 Å². The van der Waals surface area contributed by atoms with Crippen LogP contribution in [0.5, 0.6) is 11.5 Å². The molecule has 0 aliphatic carbocycles. The van der Waals surface area contributed by atoms with Crippen LogP contribution in [0.15, 0.2) is 54.6 Å². The smallest absolute Gasteiger partial charge is 0.409 e. The van der Waals surface area contributed by atoms with E-state index in [0.29, 0.717) is 44.1 Å². The second kappa shape index (κ2) is 8.38. The lowest BCUT2D eigenvalue weighted by Gasteiger charge is -2.34. The lowest BCUT2D eigenvalue weighted by molar-refractivity contribution is 0.0570. The first-order valence-corrected chi connectivity index (χ1v) is 8.71. The van der Waals surface area contributed by atoms with E-state index in [2.05, 4.69) is 0 Å². The number of para-hydroxylation sites is 1. The summed E-state index contributed by atoms with van der Waals surface area (Å²) in [5.41, 5.74) is 0.606. The van der Waals surface area contributed by atoms with E-state index < -0.39 is 0 Å². The van der Waals surface area contributed by atoms with Gasteiger partial charge in [-0.25, -0.2) is 4.79 Å². The van der Waals surface area contributed by atoms with Gasteiger partial charge < -0.3 is 19.3 Å². The first-order chi connectivity index (χ1) is 12.7. The van der Waals surface area contributed by atoms with Crippen LogP contribution < -0.4 is 4.74 Å². The van der Waals surface area contributed by atoms with Crippen molar-refractivity contribution in [2.24, 2.45) is 0 Å². The first kappa shape index (κ1) is 17.8. The number of hydrogen-bond donors (Lipinski definition) is 0. The fraction of sp³-hybridized carbons (Fsp3) is 0.300. The third-order valence-corrected chi connectivity index (χ3v) is 4.17. The number of rotatable bonds is 4. The van der Waals surface area contributed by atoms with Gasteiger partial charge in [0, 0.05) is 31.7 Å². The highest BCUT2D eigenvalue weighted by Crippen LogP contribution is 2.21. The third kappa shape index (κ3) is 4.33. The Morgan fingerprint density at radius 1 is 0.846 bits per heavy atom. The van der Waals surface area contributed by atoms with Crippen LogP contribution in [0.4, 0.5) is 4.79 Å². The van der Waals surface area contributed by atoms with Crippen molar-refractivity contribution in [3.63, 3.8) is 0 Å². The minimum atomic E-state index is -0.318. The summed E-state index contributed by atoms with van der Waals surface area (Å²) in [4.78, 5) is 27.7. The van der Waals surface area contributed by atoms with Crippen LogP contribution in [0.3, 0.4) is 0 Å². The molecule has 2 aromatic rings. The molecule has 0 radical (unpaired) electrons. The molecule has 2 amide bonds. The summed E-state index contributed by atoms with van der Waals surface area (Å²) in [5.74, 6) is 1.39. The van der Waals surface area contributed by atoms with Gasteiger partial charge in [0.2, 0.25) is 0 Å². The van der Waals surface area contributed by atoms with E-state index in [-0.39, 0.29) is 12.0 Å². The summed E-state index contributed by atoms with van der Waals surface area (Å²) in [6.07, 6.45) is -0.318. The number of nitrogens with zero attached hydrogens (tertiary/aromatic N) is 2. The zero-order valence-corrected chi connectivity index (χ0v) is 14.8. The Balaban J connectivity index is 1.56. The Labute approximate surface area is 152 Å². The number of hydrogen-bond acceptors (Lipinski definition) is 4. The highest BCUT2D eigenvalue weighted by molar-refractivity contribution is 5.94. The van der Waals surface area contributed by atoms with Crippen LogP contribution in [0, 0.1) is 0 Å².